The Bertz CT molecular complexity index is 1390. The van der Waals surface area contributed by atoms with E-state index in [2.05, 4.69) is 10.3 Å². The van der Waals surface area contributed by atoms with Crippen LogP contribution in [0.3, 0.4) is 0 Å². The van der Waals surface area contributed by atoms with Gasteiger partial charge in [-0.2, -0.15) is 0 Å². The predicted molar refractivity (Wildman–Crippen MR) is 144 cm³/mol. The van der Waals surface area contributed by atoms with E-state index >= 15 is 0 Å². The molecule has 0 spiro atoms. The van der Waals surface area contributed by atoms with Crippen LogP contribution in [-0.2, 0) is 21.2 Å². The number of esters is 1. The SMILES string of the molecule is CCOc1ccc(C(=O)NCCc2ccc(S(=O)(=O)NC(=O)c3ccc(C(=O)O[C@@H](C)CC)nc3)cc2)cc1. The van der Waals surface area contributed by atoms with E-state index in [1.54, 1.807) is 43.3 Å². The standard InChI is InChI=1S/C28H31N3O7S/c1-4-19(3)38-28(34)25-15-10-22(18-30-25)27(33)31-39(35,36)24-13-6-20(7-14-24)16-17-29-26(32)21-8-11-23(12-9-21)37-5-2/h6-15,18-19H,4-5,16-17H2,1-3H3,(H,29,32)(H,31,33)/t19-/m0/s1. The fraction of sp³-hybridized carbons (Fsp3) is 0.286. The van der Waals surface area contributed by atoms with Crippen molar-refractivity contribution in [3.05, 3.63) is 89.2 Å². The van der Waals surface area contributed by atoms with Crippen LogP contribution >= 0.6 is 0 Å². The maximum Gasteiger partial charge on any atom is 0.357 e. The number of hydrogen-bond acceptors (Lipinski definition) is 8. The molecule has 39 heavy (non-hydrogen) atoms. The molecule has 2 amide bonds. The van der Waals surface area contributed by atoms with Gasteiger partial charge in [0.2, 0.25) is 0 Å². The van der Waals surface area contributed by atoms with Crippen molar-refractivity contribution in [3.63, 3.8) is 0 Å². The molecule has 0 aliphatic rings. The smallest absolute Gasteiger partial charge is 0.357 e. The number of hydrogen-bond donors (Lipinski definition) is 2. The molecule has 10 nitrogen and oxygen atoms in total. The normalized spacial score (nSPS) is 11.8. The van der Waals surface area contributed by atoms with Gasteiger partial charge in [0.25, 0.3) is 21.8 Å². The zero-order valence-electron chi connectivity index (χ0n) is 22.0. The number of rotatable bonds is 12. The van der Waals surface area contributed by atoms with E-state index < -0.39 is 21.9 Å². The highest BCUT2D eigenvalue weighted by Gasteiger charge is 2.20. The second kappa shape index (κ2) is 13.5. The van der Waals surface area contributed by atoms with Crippen LogP contribution in [0.5, 0.6) is 5.75 Å². The van der Waals surface area contributed by atoms with Gasteiger partial charge in [-0.1, -0.05) is 19.1 Å². The number of pyridine rings is 1. The Balaban J connectivity index is 1.52. The molecule has 0 aliphatic carbocycles. The lowest BCUT2D eigenvalue weighted by Crippen LogP contribution is -2.30. The number of nitrogens with one attached hydrogen (secondary N) is 2. The second-order valence-electron chi connectivity index (χ2n) is 8.60. The lowest BCUT2D eigenvalue weighted by Gasteiger charge is -2.11. The van der Waals surface area contributed by atoms with Crippen molar-refractivity contribution in [2.45, 2.75) is 44.6 Å². The molecule has 0 fully saturated rings. The molecule has 0 radical (unpaired) electrons. The Labute approximate surface area is 227 Å². The van der Waals surface area contributed by atoms with E-state index in [1.807, 2.05) is 18.6 Å². The van der Waals surface area contributed by atoms with Gasteiger partial charge in [-0.25, -0.2) is 22.9 Å². The predicted octanol–water partition coefficient (Wildman–Crippen LogP) is 3.53. The number of nitrogens with zero attached hydrogens (tertiary/aromatic N) is 1. The maximum atomic E-state index is 12.7. The summed E-state index contributed by atoms with van der Waals surface area (Å²) in [6.07, 6.45) is 1.96. The molecule has 0 unspecified atom stereocenters. The van der Waals surface area contributed by atoms with Gasteiger partial charge in [0.1, 0.15) is 11.4 Å². The molecule has 2 N–H and O–H groups in total. The monoisotopic (exact) mass is 553 g/mol. The summed E-state index contributed by atoms with van der Waals surface area (Å²) in [7, 11) is -4.15. The highest BCUT2D eigenvalue weighted by atomic mass is 32.2. The van der Waals surface area contributed by atoms with Crippen LogP contribution < -0.4 is 14.8 Å². The van der Waals surface area contributed by atoms with Crippen LogP contribution in [0.4, 0.5) is 0 Å². The molecule has 11 heteroatoms. The summed E-state index contributed by atoms with van der Waals surface area (Å²) in [5.41, 5.74) is 1.29. The van der Waals surface area contributed by atoms with Crippen molar-refractivity contribution < 1.29 is 32.3 Å². The first-order valence-corrected chi connectivity index (χ1v) is 14.0. The van der Waals surface area contributed by atoms with Gasteiger partial charge in [-0.05, 0) is 80.8 Å². The van der Waals surface area contributed by atoms with Gasteiger partial charge < -0.3 is 14.8 Å². The minimum atomic E-state index is -4.15. The molecule has 0 saturated carbocycles. The number of benzene rings is 2. The largest absolute Gasteiger partial charge is 0.494 e. The topological polar surface area (TPSA) is 141 Å². The lowest BCUT2D eigenvalue weighted by atomic mass is 10.1. The minimum absolute atomic E-state index is 0.0148. The van der Waals surface area contributed by atoms with Crippen LogP contribution in [0.2, 0.25) is 0 Å². The molecule has 0 aliphatic heterocycles. The average Bonchev–Trinajstić information content (AvgIpc) is 2.93. The molecule has 2 aromatic carbocycles. The third kappa shape index (κ3) is 8.37. The summed E-state index contributed by atoms with van der Waals surface area (Å²) in [6.45, 7) is 6.40. The number of carbonyl (C=O) groups is 3. The summed E-state index contributed by atoms with van der Waals surface area (Å²) in [5, 5.41) is 2.82. The van der Waals surface area contributed by atoms with Crippen LogP contribution in [0, 0.1) is 0 Å². The van der Waals surface area contributed by atoms with Gasteiger partial charge in [0.15, 0.2) is 0 Å². The van der Waals surface area contributed by atoms with Crippen LogP contribution in [0.1, 0.15) is 64.0 Å². The summed E-state index contributed by atoms with van der Waals surface area (Å²) in [6, 6.07) is 15.4. The van der Waals surface area contributed by atoms with Crippen LogP contribution in [-0.4, -0.2) is 50.4 Å². The number of sulfonamides is 1. The molecule has 1 aromatic heterocycles. The van der Waals surface area contributed by atoms with E-state index in [9.17, 15) is 22.8 Å². The van der Waals surface area contributed by atoms with Gasteiger partial charge in [-0.3, -0.25) is 9.59 Å². The molecule has 1 atom stereocenters. The Hall–Kier alpha value is -4.25. The first kappa shape index (κ1) is 29.3. The lowest BCUT2D eigenvalue weighted by molar-refractivity contribution is 0.0327. The van der Waals surface area contributed by atoms with Crippen molar-refractivity contribution in [3.8, 4) is 5.75 Å². The Morgan fingerprint density at radius 3 is 2.15 bits per heavy atom. The number of carbonyl (C=O) groups excluding carboxylic acids is 3. The quantitative estimate of drug-likeness (QED) is 0.325. The van der Waals surface area contributed by atoms with E-state index in [1.165, 1.54) is 24.3 Å². The summed E-state index contributed by atoms with van der Waals surface area (Å²) < 4.78 is 37.9. The Morgan fingerprint density at radius 1 is 0.897 bits per heavy atom. The fourth-order valence-corrected chi connectivity index (χ4v) is 4.32. The third-order valence-electron chi connectivity index (χ3n) is 5.71. The molecule has 206 valence electrons. The number of aromatic nitrogens is 1. The molecule has 0 bridgehead atoms. The minimum Gasteiger partial charge on any atom is -0.494 e. The first-order valence-electron chi connectivity index (χ1n) is 12.5. The van der Waals surface area contributed by atoms with Crippen molar-refractivity contribution >= 4 is 27.8 Å². The van der Waals surface area contributed by atoms with Crippen molar-refractivity contribution in [1.82, 2.24) is 15.0 Å². The van der Waals surface area contributed by atoms with Crippen LogP contribution in [0.25, 0.3) is 0 Å². The van der Waals surface area contributed by atoms with Crippen molar-refractivity contribution in [1.29, 1.82) is 0 Å². The third-order valence-corrected chi connectivity index (χ3v) is 7.05. The van der Waals surface area contributed by atoms with E-state index in [0.717, 1.165) is 11.8 Å². The second-order valence-corrected chi connectivity index (χ2v) is 10.3. The molecule has 3 aromatic rings. The van der Waals surface area contributed by atoms with Crippen molar-refractivity contribution in [2.75, 3.05) is 13.2 Å². The molecule has 3 rings (SSSR count). The van der Waals surface area contributed by atoms with Crippen LogP contribution in [0.15, 0.2) is 71.8 Å². The van der Waals surface area contributed by atoms with Gasteiger partial charge in [0.05, 0.1) is 23.2 Å². The highest BCUT2D eigenvalue weighted by Crippen LogP contribution is 2.14. The Morgan fingerprint density at radius 2 is 1.56 bits per heavy atom. The van der Waals surface area contributed by atoms with E-state index in [4.69, 9.17) is 9.47 Å². The maximum absolute atomic E-state index is 12.7. The highest BCUT2D eigenvalue weighted by molar-refractivity contribution is 7.90. The Kier molecular flexibility index (Phi) is 10.2. The zero-order chi connectivity index (χ0) is 28.4. The van der Waals surface area contributed by atoms with E-state index in [-0.39, 0.29) is 28.2 Å². The zero-order valence-corrected chi connectivity index (χ0v) is 22.8. The van der Waals surface area contributed by atoms with Crippen molar-refractivity contribution in [2.24, 2.45) is 0 Å². The summed E-state index contributed by atoms with van der Waals surface area (Å²) in [5.74, 6) is -1.05. The van der Waals surface area contributed by atoms with E-state index in [0.29, 0.717) is 37.3 Å². The average molecular weight is 554 g/mol. The number of amides is 2. The molecule has 0 saturated heterocycles. The van der Waals surface area contributed by atoms with Gasteiger partial charge in [-0.15, -0.1) is 0 Å². The first-order chi connectivity index (χ1) is 18.6. The number of ether oxygens (including phenoxy) is 2. The fourth-order valence-electron chi connectivity index (χ4n) is 3.34. The summed E-state index contributed by atoms with van der Waals surface area (Å²) in [4.78, 5) is 40.6. The molecular weight excluding hydrogens is 522 g/mol. The molecule has 1 heterocycles. The summed E-state index contributed by atoms with van der Waals surface area (Å²) >= 11 is 0. The van der Waals surface area contributed by atoms with Gasteiger partial charge >= 0.3 is 5.97 Å². The molecular formula is C28H31N3O7S. The van der Waals surface area contributed by atoms with Gasteiger partial charge in [0, 0.05) is 18.3 Å².